The minimum Gasteiger partial charge on any atom is -0.481 e. The van der Waals surface area contributed by atoms with Crippen LogP contribution >= 0.6 is 0 Å². The number of carbonyl (C=O) groups is 3. The van der Waals surface area contributed by atoms with Crippen LogP contribution in [0.3, 0.4) is 0 Å². The number of hydrogen-bond donors (Lipinski definition) is 3. The van der Waals surface area contributed by atoms with Crippen molar-refractivity contribution in [3.63, 3.8) is 0 Å². The van der Waals surface area contributed by atoms with Gasteiger partial charge in [-0.1, -0.05) is 25.0 Å². The molecular weight excluding hydrogens is 332 g/mol. The van der Waals surface area contributed by atoms with Crippen LogP contribution in [0.4, 0.5) is 0 Å². The normalized spacial score (nSPS) is 22.9. The van der Waals surface area contributed by atoms with Crippen LogP contribution in [0, 0.1) is 11.8 Å². The monoisotopic (exact) mass is 358 g/mol. The molecule has 3 N–H and O–H groups in total. The Labute approximate surface area is 153 Å². The lowest BCUT2D eigenvalue weighted by Gasteiger charge is -2.13. The molecule has 0 bridgehead atoms. The van der Waals surface area contributed by atoms with Gasteiger partial charge in [0.2, 0.25) is 5.91 Å². The van der Waals surface area contributed by atoms with E-state index in [1.807, 2.05) is 12.1 Å². The van der Waals surface area contributed by atoms with Crippen LogP contribution in [-0.2, 0) is 16.1 Å². The number of rotatable bonds is 6. The van der Waals surface area contributed by atoms with Crippen LogP contribution in [0.5, 0.6) is 0 Å². The fraction of sp³-hybridized carbons (Fsp3) is 0.550. The third kappa shape index (κ3) is 4.62. The quantitative estimate of drug-likeness (QED) is 0.728. The average molecular weight is 358 g/mol. The van der Waals surface area contributed by atoms with Crippen molar-refractivity contribution in [3.8, 4) is 0 Å². The lowest BCUT2D eigenvalue weighted by atomic mass is 10.1. The Hall–Kier alpha value is -2.37. The second-order valence-corrected chi connectivity index (χ2v) is 7.41. The first-order valence-corrected chi connectivity index (χ1v) is 9.43. The minimum atomic E-state index is -0.786. The van der Waals surface area contributed by atoms with Crippen LogP contribution in [0.1, 0.15) is 60.9 Å². The summed E-state index contributed by atoms with van der Waals surface area (Å²) in [5.74, 6) is -1.04. The van der Waals surface area contributed by atoms with Gasteiger partial charge >= 0.3 is 5.97 Å². The second-order valence-electron chi connectivity index (χ2n) is 7.41. The first-order chi connectivity index (χ1) is 12.5. The van der Waals surface area contributed by atoms with Crippen molar-refractivity contribution in [2.75, 3.05) is 0 Å². The van der Waals surface area contributed by atoms with Crippen LogP contribution in [0.15, 0.2) is 24.3 Å². The van der Waals surface area contributed by atoms with Crippen molar-refractivity contribution in [1.29, 1.82) is 0 Å². The van der Waals surface area contributed by atoms with E-state index in [2.05, 4.69) is 10.6 Å². The highest BCUT2D eigenvalue weighted by atomic mass is 16.4. The highest BCUT2D eigenvalue weighted by Gasteiger charge is 2.30. The Morgan fingerprint density at radius 2 is 1.65 bits per heavy atom. The summed E-state index contributed by atoms with van der Waals surface area (Å²) in [6.07, 6.45) is 6.04. The molecular formula is C20H26N2O4. The summed E-state index contributed by atoms with van der Waals surface area (Å²) in [7, 11) is 0. The maximum atomic E-state index is 12.3. The highest BCUT2D eigenvalue weighted by molar-refractivity contribution is 5.94. The Morgan fingerprint density at radius 3 is 2.27 bits per heavy atom. The Kier molecular flexibility index (Phi) is 5.91. The molecule has 2 fully saturated rings. The van der Waals surface area contributed by atoms with Crippen molar-refractivity contribution in [2.45, 2.75) is 57.5 Å². The lowest BCUT2D eigenvalue weighted by Crippen LogP contribution is -2.33. The fourth-order valence-corrected chi connectivity index (χ4v) is 3.90. The molecule has 2 aliphatic carbocycles. The smallest absolute Gasteiger partial charge is 0.306 e. The summed E-state index contributed by atoms with van der Waals surface area (Å²) in [6, 6.07) is 7.11. The third-order valence-electron chi connectivity index (χ3n) is 5.53. The van der Waals surface area contributed by atoms with Gasteiger partial charge in [0.1, 0.15) is 0 Å². The van der Waals surface area contributed by atoms with Gasteiger partial charge in [-0.05, 0) is 49.8 Å². The van der Waals surface area contributed by atoms with E-state index >= 15 is 0 Å². The van der Waals surface area contributed by atoms with E-state index in [1.54, 1.807) is 12.1 Å². The van der Waals surface area contributed by atoms with Gasteiger partial charge in [-0.15, -0.1) is 0 Å². The van der Waals surface area contributed by atoms with E-state index in [0.717, 1.165) is 31.2 Å². The first-order valence-electron chi connectivity index (χ1n) is 9.43. The van der Waals surface area contributed by atoms with Crippen LogP contribution in [0.25, 0.3) is 0 Å². The Morgan fingerprint density at radius 1 is 0.962 bits per heavy atom. The summed E-state index contributed by atoms with van der Waals surface area (Å²) in [5.41, 5.74) is 1.51. The standard InChI is InChI=1S/C20H26N2O4/c23-18(14-3-1-2-4-14)21-12-13-5-7-15(8-6-13)19(24)22-17-10-9-16(11-17)20(25)26/h5-8,14,16-17H,1-4,9-12H2,(H,21,23)(H,22,24)(H,25,26)/t16-,17+/m0/s1. The summed E-state index contributed by atoms with van der Waals surface area (Å²) >= 11 is 0. The molecule has 0 heterocycles. The number of carboxylic acid groups (broad SMARTS) is 1. The number of benzene rings is 1. The molecule has 140 valence electrons. The first kappa shape index (κ1) is 18.4. The molecule has 1 aromatic carbocycles. The highest BCUT2D eigenvalue weighted by Crippen LogP contribution is 2.26. The summed E-state index contributed by atoms with van der Waals surface area (Å²) in [5, 5.41) is 14.9. The topological polar surface area (TPSA) is 95.5 Å². The zero-order valence-corrected chi connectivity index (χ0v) is 14.9. The van der Waals surface area contributed by atoms with E-state index in [9.17, 15) is 14.4 Å². The van der Waals surface area contributed by atoms with Gasteiger partial charge in [0, 0.05) is 24.1 Å². The van der Waals surface area contributed by atoms with Crippen molar-refractivity contribution < 1.29 is 19.5 Å². The molecule has 0 aliphatic heterocycles. The van der Waals surface area contributed by atoms with Crippen LogP contribution in [-0.4, -0.2) is 28.9 Å². The molecule has 6 heteroatoms. The maximum Gasteiger partial charge on any atom is 0.306 e. The second kappa shape index (κ2) is 8.34. The largest absolute Gasteiger partial charge is 0.481 e. The molecule has 1 aromatic rings. The number of amides is 2. The van der Waals surface area contributed by atoms with Crippen molar-refractivity contribution >= 4 is 17.8 Å². The van der Waals surface area contributed by atoms with Gasteiger partial charge in [-0.3, -0.25) is 14.4 Å². The molecule has 3 rings (SSSR count). The zero-order chi connectivity index (χ0) is 18.5. The number of hydrogen-bond acceptors (Lipinski definition) is 3. The summed E-state index contributed by atoms with van der Waals surface area (Å²) in [6.45, 7) is 0.472. The SMILES string of the molecule is O=C(N[C@@H]1CC[C@H](C(=O)O)C1)c1ccc(CNC(=O)C2CCCC2)cc1. The van der Waals surface area contributed by atoms with Gasteiger partial charge in [0.25, 0.3) is 5.91 Å². The molecule has 0 saturated heterocycles. The number of nitrogens with one attached hydrogen (secondary N) is 2. The van der Waals surface area contributed by atoms with Crippen molar-refractivity contribution in [2.24, 2.45) is 11.8 Å². The Balaban J connectivity index is 1.47. The van der Waals surface area contributed by atoms with Crippen molar-refractivity contribution in [1.82, 2.24) is 10.6 Å². The third-order valence-corrected chi connectivity index (χ3v) is 5.53. The van der Waals surface area contributed by atoms with E-state index < -0.39 is 5.97 Å². The van der Waals surface area contributed by atoms with Gasteiger partial charge in [-0.2, -0.15) is 0 Å². The number of carbonyl (C=O) groups excluding carboxylic acids is 2. The molecule has 26 heavy (non-hydrogen) atoms. The molecule has 2 aliphatic rings. The molecule has 0 spiro atoms. The van der Waals surface area contributed by atoms with Gasteiger partial charge in [-0.25, -0.2) is 0 Å². The van der Waals surface area contributed by atoms with Gasteiger partial charge in [0.05, 0.1) is 5.92 Å². The van der Waals surface area contributed by atoms with Gasteiger partial charge < -0.3 is 15.7 Å². The number of carboxylic acids is 1. The molecule has 0 unspecified atom stereocenters. The minimum absolute atomic E-state index is 0.0750. The predicted octanol–water partition coefficient (Wildman–Crippen LogP) is 2.48. The Bertz CT molecular complexity index is 665. The predicted molar refractivity (Wildman–Crippen MR) is 96.5 cm³/mol. The molecule has 0 aromatic heterocycles. The maximum absolute atomic E-state index is 12.3. The van der Waals surface area contributed by atoms with Crippen LogP contribution < -0.4 is 10.6 Å². The fourth-order valence-electron chi connectivity index (χ4n) is 3.90. The number of aliphatic carboxylic acids is 1. The van der Waals surface area contributed by atoms with E-state index in [1.165, 1.54) is 0 Å². The van der Waals surface area contributed by atoms with E-state index in [-0.39, 0.29) is 29.7 Å². The summed E-state index contributed by atoms with van der Waals surface area (Å²) in [4.78, 5) is 35.3. The van der Waals surface area contributed by atoms with Crippen LogP contribution in [0.2, 0.25) is 0 Å². The summed E-state index contributed by atoms with van der Waals surface area (Å²) < 4.78 is 0. The van der Waals surface area contributed by atoms with Crippen molar-refractivity contribution in [3.05, 3.63) is 35.4 Å². The molecule has 0 radical (unpaired) electrons. The van der Waals surface area contributed by atoms with E-state index in [4.69, 9.17) is 5.11 Å². The lowest BCUT2D eigenvalue weighted by molar-refractivity contribution is -0.141. The molecule has 6 nitrogen and oxygen atoms in total. The average Bonchev–Trinajstić information content (AvgIpc) is 3.32. The molecule has 2 amide bonds. The molecule has 2 atom stereocenters. The zero-order valence-electron chi connectivity index (χ0n) is 14.9. The van der Waals surface area contributed by atoms with Gasteiger partial charge in [0.15, 0.2) is 0 Å². The molecule has 2 saturated carbocycles. The van der Waals surface area contributed by atoms with E-state index in [0.29, 0.717) is 31.4 Å².